The van der Waals surface area contributed by atoms with Crippen LogP contribution in [-0.2, 0) is 15.6 Å². The molecule has 1 aliphatic carbocycles. The Kier molecular flexibility index (Phi) is 11.2. The predicted octanol–water partition coefficient (Wildman–Crippen LogP) is 7.22. The molecule has 0 aromatic carbocycles. The summed E-state index contributed by atoms with van der Waals surface area (Å²) in [6.07, 6.45) is 15.7. The average molecular weight is 584 g/mol. The fraction of sp³-hybridized carbons (Fsp3) is 0.407. The first-order valence-corrected chi connectivity index (χ1v) is 15.3. The van der Waals surface area contributed by atoms with Crippen molar-refractivity contribution in [3.63, 3.8) is 0 Å². The molecule has 12 heteroatoms. The topological polar surface area (TPSA) is 115 Å². The molecule has 1 amide bonds. The summed E-state index contributed by atoms with van der Waals surface area (Å²) in [5, 5.41) is 23.5. The van der Waals surface area contributed by atoms with E-state index in [2.05, 4.69) is 55.3 Å². The molecule has 1 saturated carbocycles. The summed E-state index contributed by atoms with van der Waals surface area (Å²) >= 11 is 4.16. The highest BCUT2D eigenvalue weighted by atomic mass is 32.2. The van der Waals surface area contributed by atoms with E-state index in [-0.39, 0.29) is 5.91 Å². The number of rotatable bonds is 13. The van der Waals surface area contributed by atoms with Crippen LogP contribution in [-0.4, -0.2) is 31.3 Å². The van der Waals surface area contributed by atoms with Gasteiger partial charge in [-0.1, -0.05) is 65.5 Å². The molecule has 1 fully saturated rings. The monoisotopic (exact) mass is 583 g/mol. The summed E-state index contributed by atoms with van der Waals surface area (Å²) in [5.41, 5.74) is 3.21. The van der Waals surface area contributed by atoms with Gasteiger partial charge in [-0.25, -0.2) is 0 Å². The Balaban J connectivity index is 1.25. The minimum Gasteiger partial charge on any atom is -0.300 e. The smallest absolute Gasteiger partial charge is 0.230 e. The van der Waals surface area contributed by atoms with E-state index in [1.807, 2.05) is 37.3 Å². The number of aromatic nitrogens is 5. The molecular formula is C27H33N7O2S3. The number of nitrogens with one attached hydrogen (secondary N) is 2. The minimum absolute atomic E-state index is 0.0888. The third-order valence-corrected chi connectivity index (χ3v) is 8.90. The van der Waals surface area contributed by atoms with E-state index in [0.29, 0.717) is 30.0 Å². The lowest BCUT2D eigenvalue weighted by atomic mass is 10.1. The molecule has 2 N–H and O–H groups in total. The molecule has 3 aromatic rings. The van der Waals surface area contributed by atoms with Crippen LogP contribution in [0.4, 0.5) is 10.3 Å². The van der Waals surface area contributed by atoms with Gasteiger partial charge in [0.15, 0.2) is 0 Å². The molecule has 3 aromatic heterocycles. The van der Waals surface area contributed by atoms with Crippen LogP contribution >= 0.6 is 34.9 Å². The van der Waals surface area contributed by atoms with Crippen molar-refractivity contribution in [2.75, 3.05) is 10.0 Å². The summed E-state index contributed by atoms with van der Waals surface area (Å²) in [4.78, 5) is 16.8. The summed E-state index contributed by atoms with van der Waals surface area (Å²) in [5.74, 6) is 0.546. The Morgan fingerprint density at radius 3 is 2.59 bits per heavy atom. The molecule has 3 heterocycles. The van der Waals surface area contributed by atoms with Gasteiger partial charge in [0.2, 0.25) is 16.2 Å². The van der Waals surface area contributed by atoms with Gasteiger partial charge in [-0.05, 0) is 56.7 Å². The van der Waals surface area contributed by atoms with E-state index in [0.717, 1.165) is 64.2 Å². The average Bonchev–Trinajstić information content (AvgIpc) is 3.71. The van der Waals surface area contributed by atoms with Gasteiger partial charge in [0.25, 0.3) is 0 Å². The third-order valence-electron chi connectivity index (χ3n) is 6.25. The zero-order valence-electron chi connectivity index (χ0n) is 22.3. The Morgan fingerprint density at radius 1 is 1.15 bits per heavy atom. The van der Waals surface area contributed by atoms with Gasteiger partial charge in [0, 0.05) is 24.2 Å². The number of amides is 1. The molecule has 0 aliphatic heterocycles. The number of carbonyl (C=O) groups excluding carboxylic acids is 1. The molecule has 2 atom stereocenters. The van der Waals surface area contributed by atoms with Crippen LogP contribution in [0.2, 0.25) is 0 Å². The molecule has 39 heavy (non-hydrogen) atoms. The van der Waals surface area contributed by atoms with E-state index in [4.69, 9.17) is 4.18 Å². The highest BCUT2D eigenvalue weighted by Crippen LogP contribution is 2.45. The van der Waals surface area contributed by atoms with E-state index in [9.17, 15) is 4.79 Å². The van der Waals surface area contributed by atoms with Crippen LogP contribution in [0.15, 0.2) is 60.0 Å². The summed E-state index contributed by atoms with van der Waals surface area (Å²) in [6, 6.07) is 3.85. The normalized spacial score (nSPS) is 18.1. The van der Waals surface area contributed by atoms with Crippen molar-refractivity contribution in [3.05, 3.63) is 75.6 Å². The number of nitrogens with zero attached hydrogens (tertiary/aromatic N) is 5. The summed E-state index contributed by atoms with van der Waals surface area (Å²) in [7, 11) is 0. The van der Waals surface area contributed by atoms with E-state index < -0.39 is 0 Å². The Labute approximate surface area is 241 Å². The van der Waals surface area contributed by atoms with Gasteiger partial charge in [-0.15, -0.1) is 20.4 Å². The molecule has 4 rings (SSSR count). The van der Waals surface area contributed by atoms with Crippen molar-refractivity contribution in [1.82, 2.24) is 25.4 Å². The van der Waals surface area contributed by atoms with Gasteiger partial charge >= 0.3 is 0 Å². The number of hydrogen-bond acceptors (Lipinski definition) is 11. The van der Waals surface area contributed by atoms with Crippen molar-refractivity contribution >= 4 is 51.1 Å². The molecular weight excluding hydrogens is 551 g/mol. The Morgan fingerprint density at radius 2 is 1.90 bits per heavy atom. The zero-order valence-corrected chi connectivity index (χ0v) is 24.7. The van der Waals surface area contributed by atoms with Crippen molar-refractivity contribution in [2.45, 2.75) is 71.3 Å². The second-order valence-corrected chi connectivity index (χ2v) is 11.9. The molecule has 0 saturated heterocycles. The molecule has 0 bridgehead atoms. The summed E-state index contributed by atoms with van der Waals surface area (Å²) < 4.78 is 8.68. The van der Waals surface area contributed by atoms with E-state index >= 15 is 0 Å². The van der Waals surface area contributed by atoms with Crippen molar-refractivity contribution in [2.24, 2.45) is 0 Å². The Bertz CT molecular complexity index is 1300. The molecule has 9 nitrogen and oxygen atoms in total. The number of pyridine rings is 1. The van der Waals surface area contributed by atoms with Crippen LogP contribution in [0.5, 0.6) is 0 Å². The van der Waals surface area contributed by atoms with Crippen LogP contribution in [0.1, 0.15) is 80.3 Å². The van der Waals surface area contributed by atoms with Gasteiger partial charge < -0.3 is 5.32 Å². The lowest BCUT2D eigenvalue weighted by Crippen LogP contribution is -2.11. The standard InChI is InChI=1S/C27H33N7O2S3/c1-4-6-8-19(13-18(3)5-2)14-23(35)29-26-32-30-24(37-26)21-10-11-22(15-21)25-31-33-27(38-25)34-39-36-17-20-9-7-12-28-16-20/h4,6-9,12-13,16,21-22H,5,10-11,14-15,17H2,1-3H3,(H,33,34)(H,29,32,35)/b6-4-,18-13?,19-8+. The van der Waals surface area contributed by atoms with Crippen molar-refractivity contribution in [1.29, 1.82) is 0 Å². The lowest BCUT2D eigenvalue weighted by molar-refractivity contribution is -0.115. The maximum Gasteiger partial charge on any atom is 0.230 e. The largest absolute Gasteiger partial charge is 0.300 e. The molecule has 1 aliphatic rings. The van der Waals surface area contributed by atoms with Crippen molar-refractivity contribution in [3.8, 4) is 0 Å². The second-order valence-electron chi connectivity index (χ2n) is 9.24. The van der Waals surface area contributed by atoms with Crippen LogP contribution in [0.25, 0.3) is 0 Å². The first-order chi connectivity index (χ1) is 19.0. The first kappa shape index (κ1) is 29.1. The lowest BCUT2D eigenvalue weighted by Gasteiger charge is -2.05. The highest BCUT2D eigenvalue weighted by molar-refractivity contribution is 7.96. The SMILES string of the molecule is C/C=C\C=C(/C=C(C)CC)CC(=O)Nc1nnc(C2CCC(c3nnc(NSOCc4cccnc4)s3)C2)s1. The minimum atomic E-state index is -0.0888. The molecule has 0 spiro atoms. The first-order valence-electron chi connectivity index (χ1n) is 12.9. The molecule has 206 valence electrons. The Hall–Kier alpha value is -2.93. The fourth-order valence-corrected chi connectivity index (χ4v) is 6.40. The van der Waals surface area contributed by atoms with E-state index in [1.165, 1.54) is 16.9 Å². The van der Waals surface area contributed by atoms with E-state index in [1.54, 1.807) is 23.7 Å². The summed E-state index contributed by atoms with van der Waals surface area (Å²) in [6.45, 7) is 6.60. The number of anilines is 2. The third kappa shape index (κ3) is 9.06. The number of allylic oxidation sites excluding steroid dienone is 5. The molecule has 2 unspecified atom stereocenters. The zero-order chi connectivity index (χ0) is 27.5. The predicted molar refractivity (Wildman–Crippen MR) is 160 cm³/mol. The van der Waals surface area contributed by atoms with Crippen LogP contribution < -0.4 is 10.0 Å². The van der Waals surface area contributed by atoms with Crippen molar-refractivity contribution < 1.29 is 8.98 Å². The maximum atomic E-state index is 12.7. The van der Waals surface area contributed by atoms with Crippen LogP contribution in [0.3, 0.4) is 0 Å². The van der Waals surface area contributed by atoms with Gasteiger partial charge in [0.1, 0.15) is 22.2 Å². The second kappa shape index (κ2) is 15.0. The number of carbonyl (C=O) groups is 1. The maximum absolute atomic E-state index is 12.7. The molecule has 0 radical (unpaired) electrons. The van der Waals surface area contributed by atoms with Gasteiger partial charge in [-0.2, -0.15) is 0 Å². The van der Waals surface area contributed by atoms with Crippen LogP contribution in [0, 0.1) is 0 Å². The quantitative estimate of drug-likeness (QED) is 0.0931. The number of hydrogen-bond donors (Lipinski definition) is 2. The van der Waals surface area contributed by atoms with Gasteiger partial charge in [-0.3, -0.25) is 18.7 Å². The van der Waals surface area contributed by atoms with Gasteiger partial charge in [0.05, 0.1) is 13.0 Å². The highest BCUT2D eigenvalue weighted by Gasteiger charge is 2.32. The fourth-order valence-electron chi connectivity index (χ4n) is 4.11.